The van der Waals surface area contributed by atoms with Gasteiger partial charge in [-0.2, -0.15) is 0 Å². The van der Waals surface area contributed by atoms with Crippen LogP contribution >= 0.6 is 0 Å². The van der Waals surface area contributed by atoms with E-state index in [2.05, 4.69) is 256 Å². The van der Waals surface area contributed by atoms with E-state index >= 15 is 0 Å². The third kappa shape index (κ3) is 5.27. The summed E-state index contributed by atoms with van der Waals surface area (Å²) in [5.74, 6) is 0. The summed E-state index contributed by atoms with van der Waals surface area (Å²) < 4.78 is 4.92. The highest BCUT2D eigenvalue weighted by atomic mass is 15.2. The summed E-state index contributed by atoms with van der Waals surface area (Å²) in [6.45, 7) is 0.0403. The second-order valence-corrected chi connectivity index (χ2v) is 17.3. The second-order valence-electron chi connectivity index (χ2n) is 17.3. The van der Waals surface area contributed by atoms with E-state index in [-0.39, 0.29) is 6.71 Å². The SMILES string of the molecule is c1ccc(N2c3ccccc3B3c4ccccc4N(c4ccccc4)c4cc(-c5cc(-n6c7ccccc7c7ccccc76)cc(-n6c7ccccc7c7ccccc76)c5)cc2c43)cc1. The van der Waals surface area contributed by atoms with Crippen molar-refractivity contribution in [2.45, 2.75) is 0 Å². The average Bonchev–Trinajstić information content (AvgIpc) is 3.90. The second kappa shape index (κ2) is 14.0. The molecule has 65 heavy (non-hydrogen) atoms. The van der Waals surface area contributed by atoms with Crippen molar-refractivity contribution in [2.24, 2.45) is 0 Å². The van der Waals surface area contributed by atoms with Gasteiger partial charge in [-0.1, -0.05) is 146 Å². The van der Waals surface area contributed by atoms with E-state index in [1.165, 1.54) is 82.7 Å². The van der Waals surface area contributed by atoms with Crippen LogP contribution in [-0.4, -0.2) is 15.8 Å². The lowest BCUT2D eigenvalue weighted by molar-refractivity contribution is 1.13. The van der Waals surface area contributed by atoms with Crippen LogP contribution in [0.4, 0.5) is 34.1 Å². The number of benzene rings is 10. The molecule has 0 radical (unpaired) electrons. The highest BCUT2D eigenvalue weighted by Gasteiger charge is 2.43. The van der Waals surface area contributed by atoms with Crippen molar-refractivity contribution in [1.29, 1.82) is 0 Å². The zero-order valence-corrected chi connectivity index (χ0v) is 35.4. The van der Waals surface area contributed by atoms with Gasteiger partial charge in [0.2, 0.25) is 0 Å². The minimum atomic E-state index is 0.0403. The number of aromatic nitrogens is 2. The largest absolute Gasteiger partial charge is 0.311 e. The zero-order valence-electron chi connectivity index (χ0n) is 35.4. The Bertz CT molecular complexity index is 3520. The molecule has 2 aliphatic heterocycles. The molecule has 12 aromatic rings. The lowest BCUT2D eigenvalue weighted by Crippen LogP contribution is -2.61. The van der Waals surface area contributed by atoms with E-state index in [4.69, 9.17) is 0 Å². The maximum absolute atomic E-state index is 2.50. The summed E-state index contributed by atoms with van der Waals surface area (Å²) in [6.07, 6.45) is 0. The van der Waals surface area contributed by atoms with Gasteiger partial charge in [0.05, 0.1) is 22.1 Å². The minimum Gasteiger partial charge on any atom is -0.311 e. The monoisotopic (exact) mass is 826 g/mol. The van der Waals surface area contributed by atoms with Crippen molar-refractivity contribution < 1.29 is 0 Å². The third-order valence-electron chi connectivity index (χ3n) is 13.8. The molecule has 0 spiro atoms. The molecular formula is C60H39BN4. The molecule has 0 bridgehead atoms. The van der Waals surface area contributed by atoms with E-state index in [9.17, 15) is 0 Å². The van der Waals surface area contributed by atoms with Crippen LogP contribution in [-0.2, 0) is 0 Å². The van der Waals surface area contributed by atoms with E-state index in [0.29, 0.717) is 0 Å². The first kappa shape index (κ1) is 36.0. The van der Waals surface area contributed by atoms with Crippen molar-refractivity contribution in [1.82, 2.24) is 9.13 Å². The van der Waals surface area contributed by atoms with Crippen molar-refractivity contribution in [3.63, 3.8) is 0 Å². The normalized spacial score (nSPS) is 12.8. The number of para-hydroxylation sites is 8. The van der Waals surface area contributed by atoms with Crippen LogP contribution in [0.3, 0.4) is 0 Å². The van der Waals surface area contributed by atoms with Crippen LogP contribution in [0.25, 0.3) is 66.1 Å². The number of nitrogens with zero attached hydrogens (tertiary/aromatic N) is 4. The molecule has 4 heterocycles. The summed E-state index contributed by atoms with van der Waals surface area (Å²) in [4.78, 5) is 4.99. The fourth-order valence-electron chi connectivity index (χ4n) is 11.2. The van der Waals surface area contributed by atoms with Gasteiger partial charge in [0.15, 0.2) is 0 Å². The smallest absolute Gasteiger partial charge is 0.252 e. The lowest BCUT2D eigenvalue weighted by atomic mass is 9.33. The van der Waals surface area contributed by atoms with Crippen LogP contribution in [0.5, 0.6) is 0 Å². The van der Waals surface area contributed by atoms with E-state index in [0.717, 1.165) is 33.9 Å². The maximum Gasteiger partial charge on any atom is 0.252 e. The highest BCUT2D eigenvalue weighted by Crippen LogP contribution is 2.47. The molecule has 0 atom stereocenters. The quantitative estimate of drug-likeness (QED) is 0.161. The van der Waals surface area contributed by atoms with Gasteiger partial charge < -0.3 is 18.9 Å². The highest BCUT2D eigenvalue weighted by molar-refractivity contribution is 7.00. The Morgan fingerprint density at radius 2 is 0.600 bits per heavy atom. The minimum absolute atomic E-state index is 0.0403. The first-order chi connectivity index (χ1) is 32.3. The topological polar surface area (TPSA) is 16.3 Å². The molecule has 0 fully saturated rings. The Labute approximate surface area is 377 Å². The van der Waals surface area contributed by atoms with Crippen molar-refractivity contribution >= 4 is 101 Å². The van der Waals surface area contributed by atoms with Crippen LogP contribution in [0, 0.1) is 0 Å². The molecule has 2 aromatic heterocycles. The molecule has 0 N–H and O–H groups in total. The maximum atomic E-state index is 2.50. The van der Waals surface area contributed by atoms with Gasteiger partial charge in [0, 0.05) is 67.0 Å². The molecule has 5 heteroatoms. The summed E-state index contributed by atoms with van der Waals surface area (Å²) in [5, 5.41) is 4.96. The number of rotatable bonds is 5. The lowest BCUT2D eigenvalue weighted by Gasteiger charge is -2.44. The predicted molar refractivity (Wildman–Crippen MR) is 275 cm³/mol. The number of fused-ring (bicyclic) bond motifs is 10. The molecule has 0 saturated heterocycles. The summed E-state index contributed by atoms with van der Waals surface area (Å²) >= 11 is 0. The van der Waals surface area contributed by atoms with E-state index in [1.54, 1.807) is 0 Å². The van der Waals surface area contributed by atoms with Gasteiger partial charge in [-0.05, 0) is 119 Å². The number of hydrogen-bond acceptors (Lipinski definition) is 2. The van der Waals surface area contributed by atoms with Crippen molar-refractivity contribution in [2.75, 3.05) is 9.80 Å². The summed E-state index contributed by atoms with van der Waals surface area (Å²) in [7, 11) is 0. The van der Waals surface area contributed by atoms with E-state index < -0.39 is 0 Å². The zero-order chi connectivity index (χ0) is 42.6. The average molecular weight is 827 g/mol. The Kier molecular flexibility index (Phi) is 7.75. The van der Waals surface area contributed by atoms with Crippen LogP contribution in [0.2, 0.25) is 0 Å². The molecule has 4 nitrogen and oxygen atoms in total. The van der Waals surface area contributed by atoms with Gasteiger partial charge in [0.1, 0.15) is 0 Å². The molecule has 0 aliphatic carbocycles. The van der Waals surface area contributed by atoms with Gasteiger partial charge in [-0.25, -0.2) is 0 Å². The standard InChI is InChI=1S/C60H39BN4/c1-3-19-42(20-4-1)62-56-33-17-11-27-50(56)61-51-28-12-18-34-57(51)63(43-21-5-2-6-22-43)59-38-41(37-58(62)60(59)61)40-35-44(64-52-29-13-7-23-46(52)47-24-8-14-30-53(47)64)39-45(36-40)65-54-31-15-9-25-48(54)49-26-10-16-32-55(49)65/h1-39H. The summed E-state index contributed by atoms with van der Waals surface area (Å²) in [6, 6.07) is 87.2. The molecule has 302 valence electrons. The fraction of sp³-hybridized carbons (Fsp3) is 0. The number of hydrogen-bond donors (Lipinski definition) is 0. The first-order valence-corrected chi connectivity index (χ1v) is 22.5. The molecule has 14 rings (SSSR count). The van der Waals surface area contributed by atoms with Gasteiger partial charge in [-0.15, -0.1) is 0 Å². The van der Waals surface area contributed by atoms with Gasteiger partial charge >= 0.3 is 0 Å². The Morgan fingerprint density at radius 3 is 1.02 bits per heavy atom. The van der Waals surface area contributed by atoms with Crippen LogP contribution in [0.15, 0.2) is 237 Å². The molecule has 0 amide bonds. The van der Waals surface area contributed by atoms with E-state index in [1.807, 2.05) is 0 Å². The summed E-state index contributed by atoms with van der Waals surface area (Å²) in [5.41, 5.74) is 20.2. The molecule has 10 aromatic carbocycles. The fourth-order valence-corrected chi connectivity index (χ4v) is 11.2. The van der Waals surface area contributed by atoms with Gasteiger partial charge in [0.25, 0.3) is 6.71 Å². The number of anilines is 6. The Hall–Kier alpha value is -8.54. The molecule has 2 aliphatic rings. The predicted octanol–water partition coefficient (Wildman–Crippen LogP) is 13.6. The van der Waals surface area contributed by atoms with Gasteiger partial charge in [-0.3, -0.25) is 0 Å². The molecular weight excluding hydrogens is 787 g/mol. The Morgan fingerprint density at radius 1 is 0.262 bits per heavy atom. The Balaban J connectivity index is 1.12. The third-order valence-corrected chi connectivity index (χ3v) is 13.8. The van der Waals surface area contributed by atoms with Crippen LogP contribution < -0.4 is 26.2 Å². The first-order valence-electron chi connectivity index (χ1n) is 22.5. The molecule has 0 unspecified atom stereocenters. The van der Waals surface area contributed by atoms with Crippen LogP contribution in [0.1, 0.15) is 0 Å². The van der Waals surface area contributed by atoms with Crippen molar-refractivity contribution in [3.05, 3.63) is 237 Å². The van der Waals surface area contributed by atoms with Crippen molar-refractivity contribution in [3.8, 4) is 22.5 Å². The molecule has 0 saturated carbocycles.